The lowest BCUT2D eigenvalue weighted by Gasteiger charge is -2.36. The third kappa shape index (κ3) is 7.18. The topological polar surface area (TPSA) is 51.2 Å². The van der Waals surface area contributed by atoms with Crippen LogP contribution in [0.4, 0.5) is 13.2 Å². The lowest BCUT2D eigenvalue weighted by atomic mass is 10.1. The van der Waals surface area contributed by atoms with E-state index < -0.39 is 11.7 Å². The van der Waals surface area contributed by atoms with E-state index in [9.17, 15) is 18.0 Å². The van der Waals surface area contributed by atoms with Gasteiger partial charge in [-0.15, -0.1) is 0 Å². The van der Waals surface area contributed by atoms with Crippen LogP contribution in [0.25, 0.3) is 0 Å². The van der Waals surface area contributed by atoms with E-state index in [1.54, 1.807) is 43.4 Å². The predicted molar refractivity (Wildman–Crippen MR) is 117 cm³/mol. The van der Waals surface area contributed by atoms with Gasteiger partial charge in [-0.25, -0.2) is 0 Å². The Morgan fingerprint density at radius 3 is 2.42 bits per heavy atom. The number of methoxy groups -OCH3 is 2. The summed E-state index contributed by atoms with van der Waals surface area (Å²) in [5, 5.41) is 0. The van der Waals surface area contributed by atoms with E-state index in [2.05, 4.69) is 4.90 Å². The van der Waals surface area contributed by atoms with E-state index in [0.717, 1.165) is 17.7 Å². The highest BCUT2D eigenvalue weighted by Gasteiger charge is 2.30. The van der Waals surface area contributed by atoms with E-state index in [1.165, 1.54) is 12.1 Å². The van der Waals surface area contributed by atoms with Gasteiger partial charge in [0, 0.05) is 45.4 Å². The molecule has 1 fully saturated rings. The van der Waals surface area contributed by atoms with E-state index in [-0.39, 0.29) is 12.0 Å². The van der Waals surface area contributed by atoms with Gasteiger partial charge in [0.15, 0.2) is 0 Å². The van der Waals surface area contributed by atoms with Crippen LogP contribution in [0.15, 0.2) is 48.5 Å². The summed E-state index contributed by atoms with van der Waals surface area (Å²) in [4.78, 5) is 16.9. The van der Waals surface area contributed by atoms with E-state index in [0.29, 0.717) is 57.3 Å². The number of ether oxygens (including phenoxy) is 3. The Morgan fingerprint density at radius 1 is 1.12 bits per heavy atom. The number of hydrogen-bond donors (Lipinski definition) is 0. The van der Waals surface area contributed by atoms with Gasteiger partial charge in [-0.3, -0.25) is 9.69 Å². The molecule has 1 amide bonds. The number of hydrogen-bond acceptors (Lipinski definition) is 5. The van der Waals surface area contributed by atoms with Crippen molar-refractivity contribution in [2.24, 2.45) is 0 Å². The Kier molecular flexibility index (Phi) is 8.71. The lowest BCUT2D eigenvalue weighted by Crippen LogP contribution is -2.49. The van der Waals surface area contributed by atoms with Gasteiger partial charge >= 0.3 is 6.18 Å². The number of halogens is 3. The molecular formula is C24H29F3N2O4. The first kappa shape index (κ1) is 25.0. The molecule has 2 aromatic carbocycles. The molecule has 1 saturated heterocycles. The average Bonchev–Trinajstić information content (AvgIpc) is 2.81. The molecule has 0 radical (unpaired) electrons. The summed E-state index contributed by atoms with van der Waals surface area (Å²) in [5.74, 6) is 0.544. The van der Waals surface area contributed by atoms with Gasteiger partial charge in [0.25, 0.3) is 5.91 Å². The highest BCUT2D eigenvalue weighted by molar-refractivity contribution is 5.94. The number of alkyl halides is 3. The molecule has 0 spiro atoms. The zero-order chi connectivity index (χ0) is 23.8. The minimum absolute atomic E-state index is 0.127. The molecule has 1 aliphatic heterocycles. The van der Waals surface area contributed by atoms with Crippen molar-refractivity contribution >= 4 is 5.91 Å². The molecule has 1 unspecified atom stereocenters. The van der Waals surface area contributed by atoms with Crippen molar-refractivity contribution in [3.63, 3.8) is 0 Å². The first-order valence-corrected chi connectivity index (χ1v) is 10.7. The number of benzene rings is 2. The molecule has 0 N–H and O–H groups in total. The summed E-state index contributed by atoms with van der Waals surface area (Å²) in [6.07, 6.45) is -4.56. The summed E-state index contributed by atoms with van der Waals surface area (Å²) < 4.78 is 54.6. The molecule has 0 saturated carbocycles. The van der Waals surface area contributed by atoms with Crippen molar-refractivity contribution in [3.8, 4) is 5.75 Å². The van der Waals surface area contributed by atoms with E-state index in [1.807, 2.05) is 0 Å². The second kappa shape index (κ2) is 11.5. The van der Waals surface area contributed by atoms with Crippen LogP contribution in [-0.4, -0.2) is 75.4 Å². The van der Waals surface area contributed by atoms with Crippen molar-refractivity contribution in [3.05, 3.63) is 65.2 Å². The molecule has 0 bridgehead atoms. The van der Waals surface area contributed by atoms with Gasteiger partial charge < -0.3 is 19.1 Å². The molecule has 0 aromatic heterocycles. The number of carbonyl (C=O) groups is 1. The number of morpholine rings is 1. The highest BCUT2D eigenvalue weighted by atomic mass is 19.4. The van der Waals surface area contributed by atoms with Crippen molar-refractivity contribution in [1.82, 2.24) is 9.80 Å². The molecule has 1 aliphatic rings. The largest absolute Gasteiger partial charge is 0.497 e. The number of rotatable bonds is 9. The predicted octanol–water partition coefficient (Wildman–Crippen LogP) is 3.70. The minimum atomic E-state index is -4.34. The Balaban J connectivity index is 1.62. The maximum Gasteiger partial charge on any atom is 0.416 e. The lowest BCUT2D eigenvalue weighted by molar-refractivity contribution is -0.137. The quantitative estimate of drug-likeness (QED) is 0.564. The fourth-order valence-electron chi connectivity index (χ4n) is 3.73. The summed E-state index contributed by atoms with van der Waals surface area (Å²) >= 11 is 0. The minimum Gasteiger partial charge on any atom is -0.497 e. The monoisotopic (exact) mass is 466 g/mol. The van der Waals surface area contributed by atoms with Crippen molar-refractivity contribution in [1.29, 1.82) is 0 Å². The average molecular weight is 467 g/mol. The number of carbonyl (C=O) groups excluding carboxylic acids is 1. The highest BCUT2D eigenvalue weighted by Crippen LogP contribution is 2.29. The molecule has 9 heteroatoms. The second-order valence-corrected chi connectivity index (χ2v) is 7.90. The van der Waals surface area contributed by atoms with Crippen LogP contribution in [0.1, 0.15) is 21.5 Å². The van der Waals surface area contributed by atoms with Crippen molar-refractivity contribution in [2.45, 2.75) is 18.8 Å². The van der Waals surface area contributed by atoms with Crippen LogP contribution >= 0.6 is 0 Å². The molecule has 33 heavy (non-hydrogen) atoms. The molecule has 6 nitrogen and oxygen atoms in total. The number of amides is 1. The zero-order valence-electron chi connectivity index (χ0n) is 18.8. The third-order valence-electron chi connectivity index (χ3n) is 5.52. The fourth-order valence-corrected chi connectivity index (χ4v) is 3.73. The maximum absolute atomic E-state index is 13.1. The van der Waals surface area contributed by atoms with Crippen molar-refractivity contribution in [2.75, 3.05) is 53.6 Å². The summed E-state index contributed by atoms with van der Waals surface area (Å²) in [6.45, 7) is 3.44. The number of nitrogens with zero attached hydrogens (tertiary/aromatic N) is 2. The molecular weight excluding hydrogens is 437 g/mol. The second-order valence-electron chi connectivity index (χ2n) is 7.90. The molecule has 180 valence electrons. The fraction of sp³-hybridized carbons (Fsp3) is 0.458. The summed E-state index contributed by atoms with van der Waals surface area (Å²) in [7, 11) is 3.15. The van der Waals surface area contributed by atoms with E-state index in [4.69, 9.17) is 14.2 Å². The van der Waals surface area contributed by atoms with Crippen LogP contribution in [0.3, 0.4) is 0 Å². The SMILES string of the molecule is COCCN(CC1CN(Cc2ccc(C(F)(F)F)cc2)CCO1)C(=O)c1ccc(OC)cc1. The Bertz CT molecular complexity index is 888. The first-order valence-electron chi connectivity index (χ1n) is 10.7. The van der Waals surface area contributed by atoms with Gasteiger partial charge in [0.1, 0.15) is 5.75 Å². The van der Waals surface area contributed by atoms with Gasteiger partial charge in [0.05, 0.1) is 32.0 Å². The normalized spacial score (nSPS) is 17.1. The van der Waals surface area contributed by atoms with Crippen LogP contribution in [0.5, 0.6) is 5.75 Å². The van der Waals surface area contributed by atoms with Gasteiger partial charge in [-0.2, -0.15) is 13.2 Å². The van der Waals surface area contributed by atoms with Gasteiger partial charge in [-0.05, 0) is 42.0 Å². The molecule has 1 atom stereocenters. The molecule has 1 heterocycles. The molecule has 2 aromatic rings. The maximum atomic E-state index is 13.1. The van der Waals surface area contributed by atoms with E-state index >= 15 is 0 Å². The Morgan fingerprint density at radius 2 is 1.82 bits per heavy atom. The summed E-state index contributed by atoms with van der Waals surface area (Å²) in [6, 6.07) is 12.1. The standard InChI is InChI=1S/C24H29F3N2O4/c1-31-13-12-29(23(30)19-5-9-21(32-2)10-6-19)17-22-16-28(11-14-33-22)15-18-3-7-20(8-4-18)24(25,26)27/h3-10,22H,11-17H2,1-2H3. The molecule has 0 aliphatic carbocycles. The first-order chi connectivity index (χ1) is 15.8. The van der Waals surface area contributed by atoms with Crippen molar-refractivity contribution < 1.29 is 32.2 Å². The van der Waals surface area contributed by atoms with Crippen LogP contribution < -0.4 is 4.74 Å². The molecule has 3 rings (SSSR count). The van der Waals surface area contributed by atoms with Crippen LogP contribution in [-0.2, 0) is 22.2 Å². The third-order valence-corrected chi connectivity index (χ3v) is 5.52. The van der Waals surface area contributed by atoms with Gasteiger partial charge in [-0.1, -0.05) is 12.1 Å². The van der Waals surface area contributed by atoms with Crippen LogP contribution in [0, 0.1) is 0 Å². The Labute approximate surface area is 191 Å². The smallest absolute Gasteiger partial charge is 0.416 e. The van der Waals surface area contributed by atoms with Crippen LogP contribution in [0.2, 0.25) is 0 Å². The zero-order valence-corrected chi connectivity index (χ0v) is 18.8. The summed E-state index contributed by atoms with van der Waals surface area (Å²) in [5.41, 5.74) is 0.690. The van der Waals surface area contributed by atoms with Gasteiger partial charge in [0.2, 0.25) is 0 Å². The Hall–Kier alpha value is -2.62.